The van der Waals surface area contributed by atoms with Crippen LogP contribution in [0.3, 0.4) is 0 Å². The van der Waals surface area contributed by atoms with Gasteiger partial charge >= 0.3 is 0 Å². The smallest absolute Gasteiger partial charge is 0.0957 e. The molecule has 2 atom stereocenters. The molecule has 0 bridgehead atoms. The van der Waals surface area contributed by atoms with E-state index in [4.69, 9.17) is 0 Å². The van der Waals surface area contributed by atoms with Gasteiger partial charge in [0.25, 0.3) is 0 Å². The maximum atomic E-state index is 9.85. The van der Waals surface area contributed by atoms with Crippen LogP contribution in [-0.4, -0.2) is 16.6 Å². The van der Waals surface area contributed by atoms with Crippen LogP contribution in [0.2, 0.25) is 0 Å². The van der Waals surface area contributed by atoms with Gasteiger partial charge in [-0.25, -0.2) is 0 Å². The molecule has 1 aliphatic rings. The quantitative estimate of drug-likeness (QED) is 0.928. The van der Waals surface area contributed by atoms with Crippen molar-refractivity contribution in [1.82, 2.24) is 4.98 Å². The van der Waals surface area contributed by atoms with Crippen LogP contribution in [-0.2, 0) is 6.42 Å². The Morgan fingerprint density at radius 2 is 2.10 bits per heavy atom. The van der Waals surface area contributed by atoms with Crippen LogP contribution < -0.4 is 4.90 Å². The van der Waals surface area contributed by atoms with E-state index < -0.39 is 6.10 Å². The van der Waals surface area contributed by atoms with E-state index in [1.807, 2.05) is 19.2 Å². The molecular formula is C18H22N2O. The van der Waals surface area contributed by atoms with Gasteiger partial charge in [-0.15, -0.1) is 0 Å². The molecular weight excluding hydrogens is 260 g/mol. The summed E-state index contributed by atoms with van der Waals surface area (Å²) < 4.78 is 0. The summed E-state index contributed by atoms with van der Waals surface area (Å²) in [7, 11) is 0. The lowest BCUT2D eigenvalue weighted by molar-refractivity contribution is 0.169. The molecule has 21 heavy (non-hydrogen) atoms. The van der Waals surface area contributed by atoms with Gasteiger partial charge in [-0.2, -0.15) is 0 Å². The summed E-state index contributed by atoms with van der Waals surface area (Å²) in [6, 6.07) is 12.6. The zero-order chi connectivity index (χ0) is 14.8. The molecule has 110 valence electrons. The van der Waals surface area contributed by atoms with E-state index in [1.165, 1.54) is 11.3 Å². The number of rotatable bonds is 3. The Labute approximate surface area is 126 Å². The fourth-order valence-corrected chi connectivity index (χ4v) is 3.00. The summed E-state index contributed by atoms with van der Waals surface area (Å²) in [5.74, 6) is 0.626. The van der Waals surface area contributed by atoms with Crippen LogP contribution >= 0.6 is 0 Å². The Kier molecular flexibility index (Phi) is 3.93. The second kappa shape index (κ2) is 5.86. The van der Waals surface area contributed by atoms with E-state index in [9.17, 15) is 5.11 Å². The molecule has 0 amide bonds. The van der Waals surface area contributed by atoms with E-state index in [1.54, 1.807) is 0 Å². The molecule has 0 saturated carbocycles. The van der Waals surface area contributed by atoms with E-state index in [2.05, 4.69) is 47.1 Å². The molecule has 0 aliphatic carbocycles. The fourth-order valence-electron chi connectivity index (χ4n) is 3.00. The highest BCUT2D eigenvalue weighted by atomic mass is 16.3. The Balaban J connectivity index is 1.93. The van der Waals surface area contributed by atoms with Gasteiger partial charge in [-0.1, -0.05) is 32.0 Å². The van der Waals surface area contributed by atoms with Crippen molar-refractivity contribution in [2.45, 2.75) is 32.8 Å². The number of benzene rings is 1. The standard InChI is InChI=1S/C18H22N2O/c1-3-18(21)16-9-8-15(11-19-16)20-12-13(2)10-14-6-4-5-7-17(14)20/h4-9,11,13,18,21H,3,10,12H2,1-2H3. The van der Waals surface area contributed by atoms with E-state index in [0.29, 0.717) is 12.3 Å². The molecule has 1 aliphatic heterocycles. The number of aliphatic hydroxyl groups excluding tert-OH is 1. The van der Waals surface area contributed by atoms with Crippen LogP contribution in [0.1, 0.15) is 37.6 Å². The summed E-state index contributed by atoms with van der Waals surface area (Å²) in [6.07, 6.45) is 3.23. The molecule has 0 fully saturated rings. The van der Waals surface area contributed by atoms with Gasteiger partial charge in [0, 0.05) is 12.2 Å². The Morgan fingerprint density at radius 3 is 2.81 bits per heavy atom. The number of aliphatic hydroxyl groups is 1. The van der Waals surface area contributed by atoms with E-state index >= 15 is 0 Å². The van der Waals surface area contributed by atoms with Crippen molar-refractivity contribution in [2.24, 2.45) is 5.92 Å². The lowest BCUT2D eigenvalue weighted by Crippen LogP contribution is -2.30. The highest BCUT2D eigenvalue weighted by molar-refractivity contribution is 5.67. The summed E-state index contributed by atoms with van der Waals surface area (Å²) >= 11 is 0. The number of aromatic nitrogens is 1. The number of hydrogen-bond donors (Lipinski definition) is 1. The Morgan fingerprint density at radius 1 is 1.29 bits per heavy atom. The van der Waals surface area contributed by atoms with Crippen molar-refractivity contribution < 1.29 is 5.11 Å². The highest BCUT2D eigenvalue weighted by Gasteiger charge is 2.22. The first-order valence-corrected chi connectivity index (χ1v) is 7.68. The maximum absolute atomic E-state index is 9.85. The molecule has 0 saturated heterocycles. The fraction of sp³-hybridized carbons (Fsp3) is 0.389. The first kappa shape index (κ1) is 14.1. The number of para-hydroxylation sites is 1. The molecule has 0 spiro atoms. The molecule has 0 radical (unpaired) electrons. The van der Waals surface area contributed by atoms with Crippen molar-refractivity contribution in [3.05, 3.63) is 53.9 Å². The van der Waals surface area contributed by atoms with Crippen LogP contribution in [0.4, 0.5) is 11.4 Å². The van der Waals surface area contributed by atoms with Crippen LogP contribution in [0, 0.1) is 5.92 Å². The number of pyridine rings is 1. The molecule has 1 aromatic heterocycles. The van der Waals surface area contributed by atoms with Gasteiger partial charge in [0.1, 0.15) is 0 Å². The van der Waals surface area contributed by atoms with Gasteiger partial charge in [0.05, 0.1) is 23.7 Å². The molecule has 1 N–H and O–H groups in total. The minimum atomic E-state index is -0.466. The zero-order valence-corrected chi connectivity index (χ0v) is 12.7. The minimum Gasteiger partial charge on any atom is -0.387 e. The van der Waals surface area contributed by atoms with Gasteiger partial charge in [0.15, 0.2) is 0 Å². The third kappa shape index (κ3) is 2.79. The Bertz CT molecular complexity index is 609. The molecule has 3 heteroatoms. The zero-order valence-electron chi connectivity index (χ0n) is 12.7. The first-order chi connectivity index (χ1) is 10.2. The van der Waals surface area contributed by atoms with Gasteiger partial charge in [0.2, 0.25) is 0 Å². The topological polar surface area (TPSA) is 36.4 Å². The second-order valence-corrected chi connectivity index (χ2v) is 5.91. The normalized spacial score (nSPS) is 19.2. The van der Waals surface area contributed by atoms with Crippen molar-refractivity contribution in [2.75, 3.05) is 11.4 Å². The third-order valence-electron chi connectivity index (χ3n) is 4.16. The Hall–Kier alpha value is -1.87. The SMILES string of the molecule is CCC(O)c1ccc(N2CC(C)Cc3ccccc32)cn1. The summed E-state index contributed by atoms with van der Waals surface area (Å²) in [5.41, 5.74) is 4.52. The first-order valence-electron chi connectivity index (χ1n) is 7.68. The largest absolute Gasteiger partial charge is 0.387 e. The monoisotopic (exact) mass is 282 g/mol. The van der Waals surface area contributed by atoms with Crippen molar-refractivity contribution >= 4 is 11.4 Å². The predicted octanol–water partition coefficient (Wildman–Crippen LogP) is 3.86. The van der Waals surface area contributed by atoms with Crippen LogP contribution in [0.25, 0.3) is 0 Å². The van der Waals surface area contributed by atoms with Crippen molar-refractivity contribution in [1.29, 1.82) is 0 Å². The predicted molar refractivity (Wildman–Crippen MR) is 85.8 cm³/mol. The second-order valence-electron chi connectivity index (χ2n) is 5.91. The molecule has 2 heterocycles. The van der Waals surface area contributed by atoms with Gasteiger partial charge in [-0.3, -0.25) is 4.98 Å². The highest BCUT2D eigenvalue weighted by Crippen LogP contribution is 2.35. The molecule has 3 rings (SSSR count). The molecule has 1 aromatic carbocycles. The number of hydrogen-bond acceptors (Lipinski definition) is 3. The average Bonchev–Trinajstić information content (AvgIpc) is 2.53. The van der Waals surface area contributed by atoms with E-state index in [0.717, 1.165) is 24.3 Å². The summed E-state index contributed by atoms with van der Waals surface area (Å²) in [5, 5.41) is 9.85. The maximum Gasteiger partial charge on any atom is 0.0957 e. The number of nitrogens with zero attached hydrogens (tertiary/aromatic N) is 2. The van der Waals surface area contributed by atoms with Crippen LogP contribution in [0.5, 0.6) is 0 Å². The van der Waals surface area contributed by atoms with Crippen LogP contribution in [0.15, 0.2) is 42.6 Å². The van der Waals surface area contributed by atoms with Gasteiger partial charge in [-0.05, 0) is 42.5 Å². The summed E-state index contributed by atoms with van der Waals surface area (Å²) in [4.78, 5) is 6.76. The molecule has 2 aromatic rings. The molecule has 2 unspecified atom stereocenters. The minimum absolute atomic E-state index is 0.466. The number of anilines is 2. The molecule has 3 nitrogen and oxygen atoms in total. The van der Waals surface area contributed by atoms with Crippen molar-refractivity contribution in [3.8, 4) is 0 Å². The average molecular weight is 282 g/mol. The third-order valence-corrected chi connectivity index (χ3v) is 4.16. The lowest BCUT2D eigenvalue weighted by Gasteiger charge is -2.34. The van der Waals surface area contributed by atoms with Gasteiger partial charge < -0.3 is 10.0 Å². The lowest BCUT2D eigenvalue weighted by atomic mass is 9.93. The summed E-state index contributed by atoms with van der Waals surface area (Å²) in [6.45, 7) is 5.25. The van der Waals surface area contributed by atoms with Crippen molar-refractivity contribution in [3.63, 3.8) is 0 Å². The number of fused-ring (bicyclic) bond motifs is 1. The van der Waals surface area contributed by atoms with E-state index in [-0.39, 0.29) is 0 Å².